The summed E-state index contributed by atoms with van der Waals surface area (Å²) in [7, 11) is 0. The van der Waals surface area contributed by atoms with E-state index in [1.807, 2.05) is 0 Å². The third-order valence-electron chi connectivity index (χ3n) is 1.35. The number of nitrogens with zero attached hydrogens (tertiary/aromatic N) is 1. The summed E-state index contributed by atoms with van der Waals surface area (Å²) in [5.41, 5.74) is 6.40. The van der Waals surface area contributed by atoms with E-state index in [9.17, 15) is 0 Å². The Morgan fingerprint density at radius 1 is 1.50 bits per heavy atom. The maximum atomic E-state index is 7.61. The summed E-state index contributed by atoms with van der Waals surface area (Å²) >= 11 is 3.17. The van der Waals surface area contributed by atoms with Crippen LogP contribution in [0.4, 0.5) is 0 Å². The van der Waals surface area contributed by atoms with Crippen molar-refractivity contribution in [3.8, 4) is 0 Å². The van der Waals surface area contributed by atoms with Crippen LogP contribution in [-0.2, 0) is 0 Å². The second kappa shape index (κ2) is 4.01. The molecule has 0 aliphatic rings. The van der Waals surface area contributed by atoms with Gasteiger partial charge in [-0.15, -0.1) is 0 Å². The topological polar surface area (TPSA) is 62.8 Å². The van der Waals surface area contributed by atoms with Gasteiger partial charge in [0.2, 0.25) is 0 Å². The van der Waals surface area contributed by atoms with E-state index >= 15 is 0 Å². The third-order valence-corrected chi connectivity index (χ3v) is 2.01. The van der Waals surface area contributed by atoms with Crippen molar-refractivity contribution in [2.45, 2.75) is 0 Å². The van der Waals surface area contributed by atoms with Gasteiger partial charge in [0.15, 0.2) is 0 Å². The zero-order valence-electron chi connectivity index (χ0n) is 6.29. The third kappa shape index (κ3) is 1.92. The molecule has 0 bridgehead atoms. The van der Waals surface area contributed by atoms with Crippen LogP contribution < -0.4 is 5.73 Å². The number of rotatable bonds is 2. The van der Waals surface area contributed by atoms with Gasteiger partial charge in [-0.25, -0.2) is 0 Å². The van der Waals surface area contributed by atoms with Gasteiger partial charge in [-0.3, -0.25) is 10.4 Å². The van der Waals surface area contributed by atoms with Crippen LogP contribution >= 0.6 is 15.9 Å². The lowest BCUT2D eigenvalue weighted by molar-refractivity contribution is 1.31. The van der Waals surface area contributed by atoms with E-state index < -0.39 is 0 Å². The fraction of sp³-hybridized carbons (Fsp3) is 0. The molecule has 4 heteroatoms. The number of aromatic nitrogens is 1. The predicted octanol–water partition coefficient (Wildman–Crippen LogP) is 1.64. The van der Waals surface area contributed by atoms with Crippen LogP contribution in [-0.4, -0.2) is 10.7 Å². The smallest absolute Gasteiger partial charge is 0.0769 e. The molecule has 62 valence electrons. The molecule has 0 fully saturated rings. The highest BCUT2D eigenvalue weighted by Crippen LogP contribution is 2.11. The molecule has 3 N–H and O–H groups in total. The Morgan fingerprint density at radius 2 is 2.08 bits per heavy atom. The minimum absolute atomic E-state index is 0.361. The number of nitrogens with one attached hydrogen (secondary N) is 1. The lowest BCUT2D eigenvalue weighted by atomic mass is 10.2. The minimum atomic E-state index is 0.361. The maximum Gasteiger partial charge on any atom is 0.0769 e. The Morgan fingerprint density at radius 3 is 2.58 bits per heavy atom. The van der Waals surface area contributed by atoms with Gasteiger partial charge in [0, 0.05) is 24.2 Å². The normalized spacial score (nSPS) is 11.2. The average Bonchev–Trinajstić information content (AvgIpc) is 2.17. The molecular formula is C8H8BrN3. The molecule has 0 aliphatic heterocycles. The standard InChI is InChI=1S/C8H8BrN3/c9-7(5-10)8(11)6-1-3-12-4-2-6/h1-5,11H,10H2/b7-5+,11-8?. The van der Waals surface area contributed by atoms with Gasteiger partial charge in [0.1, 0.15) is 0 Å². The molecule has 0 radical (unpaired) electrons. The van der Waals surface area contributed by atoms with Crippen LogP contribution in [0.5, 0.6) is 0 Å². The lowest BCUT2D eigenvalue weighted by Gasteiger charge is -2.00. The van der Waals surface area contributed by atoms with Crippen molar-refractivity contribution in [3.63, 3.8) is 0 Å². The van der Waals surface area contributed by atoms with Crippen molar-refractivity contribution in [2.24, 2.45) is 5.73 Å². The molecule has 0 unspecified atom stereocenters. The first-order valence-electron chi connectivity index (χ1n) is 3.32. The number of hydrogen-bond donors (Lipinski definition) is 2. The first-order chi connectivity index (χ1) is 5.75. The van der Waals surface area contributed by atoms with Crippen molar-refractivity contribution in [2.75, 3.05) is 0 Å². The van der Waals surface area contributed by atoms with Crippen molar-refractivity contribution in [3.05, 3.63) is 40.8 Å². The van der Waals surface area contributed by atoms with Gasteiger partial charge in [0.05, 0.1) is 10.2 Å². The van der Waals surface area contributed by atoms with E-state index in [0.717, 1.165) is 5.56 Å². The Kier molecular flexibility index (Phi) is 2.99. The molecule has 0 aliphatic carbocycles. The molecule has 0 saturated carbocycles. The van der Waals surface area contributed by atoms with Crippen molar-refractivity contribution in [1.29, 1.82) is 5.41 Å². The molecule has 12 heavy (non-hydrogen) atoms. The summed E-state index contributed by atoms with van der Waals surface area (Å²) in [5, 5.41) is 7.61. The number of hydrogen-bond acceptors (Lipinski definition) is 3. The van der Waals surface area contributed by atoms with Crippen LogP contribution in [0.15, 0.2) is 35.2 Å². The monoisotopic (exact) mass is 225 g/mol. The van der Waals surface area contributed by atoms with Crippen LogP contribution in [0.3, 0.4) is 0 Å². The summed E-state index contributed by atoms with van der Waals surface area (Å²) in [6.07, 6.45) is 4.63. The predicted molar refractivity (Wildman–Crippen MR) is 52.3 cm³/mol. The summed E-state index contributed by atoms with van der Waals surface area (Å²) < 4.78 is 0.578. The van der Waals surface area contributed by atoms with Gasteiger partial charge < -0.3 is 5.73 Å². The number of allylic oxidation sites excluding steroid dienone is 1. The SMILES string of the molecule is N=C(/C(Br)=C\N)c1ccncc1. The second-order valence-corrected chi connectivity index (χ2v) is 2.98. The number of halogens is 1. The van der Waals surface area contributed by atoms with Crippen LogP contribution in [0.1, 0.15) is 5.56 Å². The Hall–Kier alpha value is -1.16. The summed E-state index contributed by atoms with van der Waals surface area (Å²) in [6, 6.07) is 3.51. The lowest BCUT2D eigenvalue weighted by Crippen LogP contribution is -2.00. The molecular weight excluding hydrogens is 218 g/mol. The summed E-state index contributed by atoms with van der Waals surface area (Å²) in [6.45, 7) is 0. The largest absolute Gasteiger partial charge is 0.404 e. The Bertz CT molecular complexity index is 305. The molecule has 1 aromatic heterocycles. The Labute approximate surface area is 78.9 Å². The van der Waals surface area contributed by atoms with E-state index in [2.05, 4.69) is 20.9 Å². The molecule has 3 nitrogen and oxygen atoms in total. The summed E-state index contributed by atoms with van der Waals surface area (Å²) in [4.78, 5) is 3.85. The van der Waals surface area contributed by atoms with Gasteiger partial charge in [-0.2, -0.15) is 0 Å². The van der Waals surface area contributed by atoms with Crippen LogP contribution in [0, 0.1) is 5.41 Å². The zero-order chi connectivity index (χ0) is 8.97. The van der Waals surface area contributed by atoms with Crippen molar-refractivity contribution >= 4 is 21.6 Å². The molecule has 1 aromatic rings. The van der Waals surface area contributed by atoms with Crippen LogP contribution in [0.2, 0.25) is 0 Å². The average molecular weight is 226 g/mol. The van der Waals surface area contributed by atoms with E-state index in [-0.39, 0.29) is 0 Å². The Balaban J connectivity index is 2.94. The molecule has 1 rings (SSSR count). The van der Waals surface area contributed by atoms with E-state index in [4.69, 9.17) is 11.1 Å². The van der Waals surface area contributed by atoms with Crippen molar-refractivity contribution in [1.82, 2.24) is 4.98 Å². The fourth-order valence-corrected chi connectivity index (χ4v) is 0.969. The minimum Gasteiger partial charge on any atom is -0.404 e. The molecule has 1 heterocycles. The first-order valence-corrected chi connectivity index (χ1v) is 4.11. The second-order valence-electron chi connectivity index (χ2n) is 2.13. The van der Waals surface area contributed by atoms with Gasteiger partial charge >= 0.3 is 0 Å². The van der Waals surface area contributed by atoms with Gasteiger partial charge in [-0.05, 0) is 28.1 Å². The molecule has 0 saturated heterocycles. The highest BCUT2D eigenvalue weighted by molar-refractivity contribution is 9.12. The summed E-state index contributed by atoms with van der Waals surface area (Å²) in [5.74, 6) is 0. The quantitative estimate of drug-likeness (QED) is 0.753. The van der Waals surface area contributed by atoms with E-state index in [0.29, 0.717) is 10.2 Å². The number of nitrogens with two attached hydrogens (primary N) is 1. The molecule has 0 aromatic carbocycles. The van der Waals surface area contributed by atoms with E-state index in [1.54, 1.807) is 24.5 Å². The highest BCUT2D eigenvalue weighted by Gasteiger charge is 2.02. The highest BCUT2D eigenvalue weighted by atomic mass is 79.9. The molecule has 0 amide bonds. The van der Waals surface area contributed by atoms with Crippen molar-refractivity contribution < 1.29 is 0 Å². The fourth-order valence-electron chi connectivity index (χ4n) is 0.740. The first kappa shape index (κ1) is 8.93. The molecule has 0 spiro atoms. The van der Waals surface area contributed by atoms with Crippen LogP contribution in [0.25, 0.3) is 0 Å². The zero-order valence-corrected chi connectivity index (χ0v) is 7.88. The maximum absolute atomic E-state index is 7.61. The molecule has 0 atom stereocenters. The number of pyridine rings is 1. The van der Waals surface area contributed by atoms with E-state index in [1.165, 1.54) is 6.20 Å². The van der Waals surface area contributed by atoms with Gasteiger partial charge in [-0.1, -0.05) is 0 Å². The van der Waals surface area contributed by atoms with Gasteiger partial charge in [0.25, 0.3) is 0 Å².